The van der Waals surface area contributed by atoms with Crippen molar-refractivity contribution in [3.05, 3.63) is 0 Å². The molecule has 1 amide bonds. The summed E-state index contributed by atoms with van der Waals surface area (Å²) in [6.45, 7) is 11.6. The minimum Gasteiger partial charge on any atom is -0.465 e. The lowest BCUT2D eigenvalue weighted by Gasteiger charge is -2.32. The quantitative estimate of drug-likeness (QED) is 0.0494. The molecule has 0 saturated heterocycles. The van der Waals surface area contributed by atoms with Gasteiger partial charge in [-0.3, -0.25) is 9.59 Å². The van der Waals surface area contributed by atoms with Crippen LogP contribution in [-0.2, 0) is 14.3 Å². The second kappa shape index (κ2) is 34.8. The third-order valence-corrected chi connectivity index (χ3v) is 10.1. The van der Waals surface area contributed by atoms with Crippen LogP contribution in [0.25, 0.3) is 0 Å². The zero-order chi connectivity index (χ0) is 34.8. The molecule has 2 unspecified atom stereocenters. The van der Waals surface area contributed by atoms with E-state index in [2.05, 4.69) is 51.6 Å². The molecule has 47 heavy (non-hydrogen) atoms. The molecule has 0 aliphatic heterocycles. The molecule has 0 spiro atoms. The first-order valence-electron chi connectivity index (χ1n) is 21.0. The number of nitrogens with zero attached hydrogens (tertiary/aromatic N) is 2. The smallest absolute Gasteiger partial charge is 0.305 e. The highest BCUT2D eigenvalue weighted by molar-refractivity contribution is 5.76. The molecule has 0 radical (unpaired) electrons. The fraction of sp³-hybridized carbons (Fsp3) is 0.952. The lowest BCUT2D eigenvalue weighted by Crippen LogP contribution is -2.41. The number of unbranched alkanes of at least 4 members (excludes halogenated alkanes) is 18. The number of rotatable bonds is 36. The first-order chi connectivity index (χ1) is 22.9. The number of hydrogen-bond acceptors (Lipinski definition) is 4. The van der Waals surface area contributed by atoms with Gasteiger partial charge in [-0.1, -0.05) is 156 Å². The minimum absolute atomic E-state index is 0.0114. The topological polar surface area (TPSA) is 49.9 Å². The molecule has 0 saturated carbocycles. The molecule has 0 aliphatic rings. The van der Waals surface area contributed by atoms with E-state index in [1.54, 1.807) is 0 Å². The average molecular weight is 665 g/mol. The van der Waals surface area contributed by atoms with Crippen molar-refractivity contribution >= 4 is 11.9 Å². The summed E-state index contributed by atoms with van der Waals surface area (Å²) < 4.78 is 5.80. The summed E-state index contributed by atoms with van der Waals surface area (Å²) in [6.07, 6.45) is 34.3. The van der Waals surface area contributed by atoms with Crippen molar-refractivity contribution in [3.8, 4) is 0 Å². The number of hydrogen-bond donors (Lipinski definition) is 0. The van der Waals surface area contributed by atoms with Gasteiger partial charge in [0.05, 0.1) is 6.61 Å². The molecule has 0 bridgehead atoms. The van der Waals surface area contributed by atoms with Gasteiger partial charge in [0.15, 0.2) is 0 Å². The average Bonchev–Trinajstić information content (AvgIpc) is 3.06. The molecule has 0 fully saturated rings. The normalized spacial score (nSPS) is 12.8. The van der Waals surface area contributed by atoms with E-state index in [9.17, 15) is 9.59 Å². The second-order valence-corrected chi connectivity index (χ2v) is 14.9. The molecule has 280 valence electrons. The highest BCUT2D eigenvalue weighted by atomic mass is 16.5. The van der Waals surface area contributed by atoms with Crippen LogP contribution in [0.2, 0.25) is 0 Å². The lowest BCUT2D eigenvalue weighted by atomic mass is 9.95. The Bertz CT molecular complexity index is 683. The van der Waals surface area contributed by atoms with Gasteiger partial charge in [-0.05, 0) is 71.5 Å². The van der Waals surface area contributed by atoms with E-state index in [0.717, 1.165) is 51.6 Å². The summed E-state index contributed by atoms with van der Waals surface area (Å²) in [5, 5.41) is 0. The van der Waals surface area contributed by atoms with Crippen LogP contribution in [0.15, 0.2) is 0 Å². The summed E-state index contributed by atoms with van der Waals surface area (Å²) in [5.74, 6) is 0.934. The predicted molar refractivity (Wildman–Crippen MR) is 205 cm³/mol. The Balaban J connectivity index is 4.34. The monoisotopic (exact) mass is 665 g/mol. The lowest BCUT2D eigenvalue weighted by molar-refractivity contribution is -0.145. The van der Waals surface area contributed by atoms with E-state index in [0.29, 0.717) is 37.3 Å². The van der Waals surface area contributed by atoms with Crippen LogP contribution < -0.4 is 0 Å². The zero-order valence-corrected chi connectivity index (χ0v) is 32.9. The molecule has 0 aliphatic carbocycles. The van der Waals surface area contributed by atoms with Crippen molar-refractivity contribution in [2.75, 3.05) is 33.8 Å². The van der Waals surface area contributed by atoms with E-state index in [1.165, 1.54) is 135 Å². The molecule has 0 aromatic heterocycles. The van der Waals surface area contributed by atoms with Gasteiger partial charge >= 0.3 is 5.97 Å². The van der Waals surface area contributed by atoms with Crippen molar-refractivity contribution in [1.29, 1.82) is 0 Å². The Hall–Kier alpha value is -1.10. The third-order valence-electron chi connectivity index (χ3n) is 10.1. The van der Waals surface area contributed by atoms with Crippen LogP contribution in [0.5, 0.6) is 0 Å². The largest absolute Gasteiger partial charge is 0.465 e. The Morgan fingerprint density at radius 3 is 1.47 bits per heavy atom. The number of esters is 1. The number of ether oxygens (including phenoxy) is 1. The molecular formula is C42H84N2O3. The van der Waals surface area contributed by atoms with E-state index < -0.39 is 0 Å². The Kier molecular flexibility index (Phi) is 33.9. The fourth-order valence-corrected chi connectivity index (χ4v) is 6.87. The molecule has 5 heteroatoms. The molecule has 0 heterocycles. The molecule has 5 nitrogen and oxygen atoms in total. The van der Waals surface area contributed by atoms with Crippen molar-refractivity contribution in [1.82, 2.24) is 9.80 Å². The van der Waals surface area contributed by atoms with Gasteiger partial charge < -0.3 is 14.5 Å². The molecular weight excluding hydrogens is 580 g/mol. The summed E-state index contributed by atoms with van der Waals surface area (Å²) >= 11 is 0. The zero-order valence-electron chi connectivity index (χ0n) is 32.9. The van der Waals surface area contributed by atoms with Crippen molar-refractivity contribution in [3.63, 3.8) is 0 Å². The van der Waals surface area contributed by atoms with E-state index in [-0.39, 0.29) is 5.97 Å². The highest BCUT2D eigenvalue weighted by Gasteiger charge is 2.21. The first kappa shape index (κ1) is 45.9. The van der Waals surface area contributed by atoms with Gasteiger partial charge in [0, 0.05) is 25.4 Å². The van der Waals surface area contributed by atoms with Crippen LogP contribution >= 0.6 is 0 Å². The van der Waals surface area contributed by atoms with Crippen LogP contribution in [0.4, 0.5) is 0 Å². The Morgan fingerprint density at radius 2 is 0.957 bits per heavy atom. The summed E-state index contributed by atoms with van der Waals surface area (Å²) in [4.78, 5) is 30.3. The van der Waals surface area contributed by atoms with Gasteiger partial charge in [-0.2, -0.15) is 0 Å². The summed E-state index contributed by atoms with van der Waals surface area (Å²) in [7, 11) is 4.24. The Labute approximate surface area is 295 Å². The van der Waals surface area contributed by atoms with Gasteiger partial charge in [-0.15, -0.1) is 0 Å². The highest BCUT2D eigenvalue weighted by Crippen LogP contribution is 2.21. The maximum absolute atomic E-state index is 13.3. The summed E-state index contributed by atoms with van der Waals surface area (Å²) in [5.41, 5.74) is 0. The fourth-order valence-electron chi connectivity index (χ4n) is 6.87. The number of carbonyl (C=O) groups is 2. The molecule has 0 aromatic rings. The SMILES string of the molecule is CCCCCCCCC(=O)N(CCCN(C)C)C(CC)CCCCCCCCC(=O)OCC(CCCCCC)CCCCCCCC. The van der Waals surface area contributed by atoms with Gasteiger partial charge in [-0.25, -0.2) is 0 Å². The third kappa shape index (κ3) is 29.5. The van der Waals surface area contributed by atoms with E-state index in [4.69, 9.17) is 4.74 Å². The number of carbonyl (C=O) groups excluding carboxylic acids is 2. The maximum Gasteiger partial charge on any atom is 0.305 e. The van der Waals surface area contributed by atoms with Crippen molar-refractivity contribution in [2.24, 2.45) is 5.92 Å². The van der Waals surface area contributed by atoms with E-state index >= 15 is 0 Å². The maximum atomic E-state index is 13.3. The van der Waals surface area contributed by atoms with Crippen molar-refractivity contribution in [2.45, 2.75) is 220 Å². The van der Waals surface area contributed by atoms with E-state index in [1.807, 2.05) is 0 Å². The van der Waals surface area contributed by atoms with Gasteiger partial charge in [0.2, 0.25) is 5.91 Å². The Morgan fingerprint density at radius 1 is 0.511 bits per heavy atom. The van der Waals surface area contributed by atoms with Gasteiger partial charge in [0.25, 0.3) is 0 Å². The molecule has 0 rings (SSSR count). The van der Waals surface area contributed by atoms with Crippen LogP contribution in [0, 0.1) is 5.92 Å². The van der Waals surface area contributed by atoms with Crippen LogP contribution in [-0.4, -0.2) is 61.5 Å². The van der Waals surface area contributed by atoms with Crippen molar-refractivity contribution < 1.29 is 14.3 Å². The number of amides is 1. The molecule has 0 N–H and O–H groups in total. The van der Waals surface area contributed by atoms with Gasteiger partial charge in [0.1, 0.15) is 0 Å². The standard InChI is InChI=1S/C42H84N2O3/c1-7-11-14-17-21-26-32-39(31-25-16-13-9-3)38-47-42(46)35-29-24-20-19-22-27-33-40(10-4)44(37-30-36-43(5)6)41(45)34-28-23-18-15-12-8-2/h39-40H,7-38H2,1-6H3. The first-order valence-corrected chi connectivity index (χ1v) is 21.0. The predicted octanol–water partition coefficient (Wildman–Crippen LogP) is 12.3. The van der Waals surface area contributed by atoms with Crippen LogP contribution in [0.3, 0.4) is 0 Å². The minimum atomic E-state index is 0.0114. The molecule has 0 aromatic carbocycles. The van der Waals surface area contributed by atoms with Crippen LogP contribution in [0.1, 0.15) is 214 Å². The second-order valence-electron chi connectivity index (χ2n) is 14.9. The summed E-state index contributed by atoms with van der Waals surface area (Å²) in [6, 6.07) is 0.371. The molecule has 2 atom stereocenters.